The Bertz CT molecular complexity index is 154. The highest BCUT2D eigenvalue weighted by Gasteiger charge is 2.04. The first-order valence-electron chi connectivity index (χ1n) is 4.27. The third kappa shape index (κ3) is 4.77. The van der Waals surface area contributed by atoms with Crippen LogP contribution in [-0.4, -0.2) is 5.78 Å². The smallest absolute Gasteiger partial charge is 0.155 e. The average molecular weight is 154 g/mol. The molecule has 0 aliphatic carbocycles. The molecule has 0 rings (SSSR count). The lowest BCUT2D eigenvalue weighted by molar-refractivity contribution is -0.113. The molecule has 0 aromatic carbocycles. The van der Waals surface area contributed by atoms with Crippen LogP contribution >= 0.6 is 0 Å². The summed E-state index contributed by atoms with van der Waals surface area (Å²) in [5.41, 5.74) is 0.988. The summed E-state index contributed by atoms with van der Waals surface area (Å²) in [6.45, 7) is 7.96. The van der Waals surface area contributed by atoms with Crippen molar-refractivity contribution >= 4 is 5.78 Å². The van der Waals surface area contributed by atoms with E-state index in [1.54, 1.807) is 6.92 Å². The number of hydrogen-bond acceptors (Lipinski definition) is 1. The van der Waals surface area contributed by atoms with E-state index in [-0.39, 0.29) is 5.78 Å². The van der Waals surface area contributed by atoms with Crippen molar-refractivity contribution in [2.75, 3.05) is 0 Å². The van der Waals surface area contributed by atoms with Gasteiger partial charge in [-0.3, -0.25) is 4.79 Å². The van der Waals surface area contributed by atoms with Crippen molar-refractivity contribution < 1.29 is 4.79 Å². The second-order valence-electron chi connectivity index (χ2n) is 3.29. The van der Waals surface area contributed by atoms with Crippen LogP contribution in [0.2, 0.25) is 0 Å². The lowest BCUT2D eigenvalue weighted by Gasteiger charge is -2.05. The van der Waals surface area contributed by atoms with E-state index in [0.717, 1.165) is 18.4 Å². The molecule has 1 nitrogen and oxygen atoms in total. The Morgan fingerprint density at radius 1 is 1.45 bits per heavy atom. The highest BCUT2D eigenvalue weighted by Crippen LogP contribution is 2.11. The summed E-state index contributed by atoms with van der Waals surface area (Å²) in [5.74, 6) is 0.803. The van der Waals surface area contributed by atoms with Crippen LogP contribution in [0.3, 0.4) is 0 Å². The van der Waals surface area contributed by atoms with E-state index >= 15 is 0 Å². The Hall–Kier alpha value is -0.590. The van der Waals surface area contributed by atoms with Crippen LogP contribution in [0, 0.1) is 5.92 Å². The fraction of sp³-hybridized carbons (Fsp3) is 0.700. The molecule has 0 bridgehead atoms. The van der Waals surface area contributed by atoms with Gasteiger partial charge in [-0.15, -0.1) is 0 Å². The van der Waals surface area contributed by atoms with Crippen molar-refractivity contribution in [3.8, 4) is 0 Å². The zero-order valence-electron chi connectivity index (χ0n) is 7.98. The molecule has 0 heterocycles. The zero-order valence-corrected chi connectivity index (χ0v) is 7.98. The normalized spacial score (nSPS) is 12.3. The summed E-state index contributed by atoms with van der Waals surface area (Å²) >= 11 is 0. The highest BCUT2D eigenvalue weighted by molar-refractivity contribution is 5.93. The van der Waals surface area contributed by atoms with E-state index in [0.29, 0.717) is 5.92 Å². The number of carbonyl (C=O) groups is 1. The predicted octanol–water partition coefficient (Wildman–Crippen LogP) is 2.96. The minimum Gasteiger partial charge on any atom is -0.295 e. The van der Waals surface area contributed by atoms with Crippen LogP contribution in [0.5, 0.6) is 0 Å². The second-order valence-corrected chi connectivity index (χ2v) is 3.29. The Balaban J connectivity index is 4.12. The van der Waals surface area contributed by atoms with Crippen molar-refractivity contribution in [1.82, 2.24) is 0 Å². The van der Waals surface area contributed by atoms with Crippen molar-refractivity contribution in [3.63, 3.8) is 0 Å². The Morgan fingerprint density at radius 3 is 2.27 bits per heavy atom. The van der Waals surface area contributed by atoms with Gasteiger partial charge in [0.1, 0.15) is 0 Å². The summed E-state index contributed by atoms with van der Waals surface area (Å²) in [4.78, 5) is 11.0. The molecule has 0 aliphatic rings. The quantitative estimate of drug-likeness (QED) is 0.569. The average Bonchev–Trinajstić information content (AvgIpc) is 1.86. The molecular formula is C10H18O. The van der Waals surface area contributed by atoms with E-state index in [4.69, 9.17) is 0 Å². The first-order valence-corrected chi connectivity index (χ1v) is 4.27. The van der Waals surface area contributed by atoms with Gasteiger partial charge < -0.3 is 0 Å². The zero-order chi connectivity index (χ0) is 8.85. The molecule has 0 N–H and O–H groups in total. The van der Waals surface area contributed by atoms with Gasteiger partial charge in [-0.25, -0.2) is 0 Å². The fourth-order valence-electron chi connectivity index (χ4n) is 1.06. The minimum absolute atomic E-state index is 0.223. The Morgan fingerprint density at radius 2 is 2.00 bits per heavy atom. The summed E-state index contributed by atoms with van der Waals surface area (Å²) < 4.78 is 0. The fourth-order valence-corrected chi connectivity index (χ4v) is 1.06. The number of rotatable bonds is 4. The van der Waals surface area contributed by atoms with E-state index in [2.05, 4.69) is 20.8 Å². The summed E-state index contributed by atoms with van der Waals surface area (Å²) in [6, 6.07) is 0. The Kier molecular flexibility index (Phi) is 4.84. The maximum absolute atomic E-state index is 11.0. The van der Waals surface area contributed by atoms with Gasteiger partial charge in [0, 0.05) is 0 Å². The van der Waals surface area contributed by atoms with Crippen LogP contribution in [0.15, 0.2) is 11.6 Å². The largest absolute Gasteiger partial charge is 0.295 e. The van der Waals surface area contributed by atoms with Crippen LogP contribution in [0.25, 0.3) is 0 Å². The molecular weight excluding hydrogens is 136 g/mol. The first kappa shape index (κ1) is 10.4. The molecule has 0 aromatic rings. The summed E-state index contributed by atoms with van der Waals surface area (Å²) in [7, 11) is 0. The molecule has 0 aliphatic heterocycles. The van der Waals surface area contributed by atoms with Gasteiger partial charge in [-0.2, -0.15) is 0 Å². The molecule has 0 unspecified atom stereocenters. The van der Waals surface area contributed by atoms with Gasteiger partial charge in [0.15, 0.2) is 5.78 Å². The summed E-state index contributed by atoms with van der Waals surface area (Å²) in [5, 5.41) is 0. The third-order valence-electron chi connectivity index (χ3n) is 1.53. The third-order valence-corrected chi connectivity index (χ3v) is 1.53. The lowest BCUT2D eigenvalue weighted by Crippen LogP contribution is -2.00. The Labute approximate surface area is 69.5 Å². The number of Topliss-reactive ketones (excluding diaryl/α,β-unsaturated/α-hetero) is 1. The van der Waals surface area contributed by atoms with E-state index in [1.165, 1.54) is 0 Å². The van der Waals surface area contributed by atoms with Crippen LogP contribution < -0.4 is 0 Å². The van der Waals surface area contributed by atoms with Gasteiger partial charge in [-0.05, 0) is 31.3 Å². The van der Waals surface area contributed by atoms with Crippen molar-refractivity contribution in [2.24, 2.45) is 5.92 Å². The SMILES string of the molecule is CC/C=C(/CC(C)C)C(C)=O. The highest BCUT2D eigenvalue weighted by atomic mass is 16.1. The van der Waals surface area contributed by atoms with E-state index in [9.17, 15) is 4.79 Å². The molecule has 11 heavy (non-hydrogen) atoms. The molecule has 0 atom stereocenters. The number of hydrogen-bond donors (Lipinski definition) is 0. The van der Waals surface area contributed by atoms with E-state index in [1.807, 2.05) is 6.08 Å². The standard InChI is InChI=1S/C10H18O/c1-5-6-10(9(4)11)7-8(2)3/h6,8H,5,7H2,1-4H3/b10-6-. The molecule has 0 spiro atoms. The molecule has 0 fully saturated rings. The van der Waals surface area contributed by atoms with E-state index < -0.39 is 0 Å². The maximum Gasteiger partial charge on any atom is 0.155 e. The summed E-state index contributed by atoms with van der Waals surface area (Å²) in [6.07, 6.45) is 3.91. The first-order chi connectivity index (χ1) is 5.07. The number of ketones is 1. The van der Waals surface area contributed by atoms with Crippen molar-refractivity contribution in [1.29, 1.82) is 0 Å². The molecule has 0 amide bonds. The van der Waals surface area contributed by atoms with Gasteiger partial charge in [0.25, 0.3) is 0 Å². The molecule has 0 saturated heterocycles. The van der Waals surface area contributed by atoms with Gasteiger partial charge >= 0.3 is 0 Å². The van der Waals surface area contributed by atoms with Gasteiger partial charge in [0.05, 0.1) is 0 Å². The molecule has 64 valence electrons. The molecule has 0 aromatic heterocycles. The van der Waals surface area contributed by atoms with Crippen LogP contribution in [0.4, 0.5) is 0 Å². The molecule has 1 heteroatoms. The van der Waals surface area contributed by atoms with Crippen LogP contribution in [-0.2, 0) is 4.79 Å². The number of carbonyl (C=O) groups excluding carboxylic acids is 1. The monoisotopic (exact) mass is 154 g/mol. The molecule has 0 radical (unpaired) electrons. The predicted molar refractivity (Wildman–Crippen MR) is 48.5 cm³/mol. The van der Waals surface area contributed by atoms with Crippen molar-refractivity contribution in [3.05, 3.63) is 11.6 Å². The van der Waals surface area contributed by atoms with Gasteiger partial charge in [0.2, 0.25) is 0 Å². The second kappa shape index (κ2) is 5.11. The maximum atomic E-state index is 11.0. The van der Waals surface area contributed by atoms with Crippen molar-refractivity contribution in [2.45, 2.75) is 40.5 Å². The lowest BCUT2D eigenvalue weighted by atomic mass is 9.99. The topological polar surface area (TPSA) is 17.1 Å². The number of allylic oxidation sites excluding steroid dienone is 2. The minimum atomic E-state index is 0.223. The molecule has 0 saturated carbocycles. The van der Waals surface area contributed by atoms with Gasteiger partial charge in [-0.1, -0.05) is 26.8 Å². The van der Waals surface area contributed by atoms with Crippen LogP contribution in [0.1, 0.15) is 40.5 Å².